The van der Waals surface area contributed by atoms with Gasteiger partial charge in [0.25, 0.3) is 7.37 Å². The van der Waals surface area contributed by atoms with E-state index < -0.39 is 7.37 Å². The maximum atomic E-state index is 13.1. The Morgan fingerprint density at radius 1 is 1.11 bits per heavy atom. The Morgan fingerprint density at radius 3 is 2.67 bits per heavy atom. The SMILES string of the molecule is O=[P@]1(c2ccccc2)OCCc2cc(Br)ccc21. The lowest BCUT2D eigenvalue weighted by atomic mass is 10.2. The molecule has 18 heavy (non-hydrogen) atoms. The standard InChI is InChI=1S/C14H12BrO2P/c15-12-6-7-14-11(10-12)8-9-17-18(14,16)13-4-2-1-3-5-13/h1-7,10H,8-9H2/t18-/m1/s1. The summed E-state index contributed by atoms with van der Waals surface area (Å²) in [7, 11) is -2.90. The third-order valence-corrected chi connectivity index (χ3v) is 6.19. The van der Waals surface area contributed by atoms with Gasteiger partial charge in [-0.2, -0.15) is 0 Å². The first-order chi connectivity index (χ1) is 8.70. The van der Waals surface area contributed by atoms with E-state index in [0.29, 0.717) is 6.61 Å². The molecular weight excluding hydrogens is 311 g/mol. The fraction of sp³-hybridized carbons (Fsp3) is 0.143. The molecular formula is C14H12BrO2P. The van der Waals surface area contributed by atoms with E-state index in [1.807, 2.05) is 48.5 Å². The minimum absolute atomic E-state index is 0.510. The second-order valence-electron chi connectivity index (χ2n) is 4.24. The van der Waals surface area contributed by atoms with Crippen LogP contribution in [-0.2, 0) is 15.5 Å². The van der Waals surface area contributed by atoms with Crippen molar-refractivity contribution in [2.45, 2.75) is 6.42 Å². The maximum absolute atomic E-state index is 13.1. The summed E-state index contributed by atoms with van der Waals surface area (Å²) in [5.74, 6) is 0. The van der Waals surface area contributed by atoms with E-state index >= 15 is 0 Å². The third kappa shape index (κ3) is 1.97. The van der Waals surface area contributed by atoms with E-state index in [2.05, 4.69) is 15.9 Å². The van der Waals surface area contributed by atoms with E-state index in [0.717, 1.165) is 27.1 Å². The monoisotopic (exact) mass is 322 g/mol. The van der Waals surface area contributed by atoms with Crippen molar-refractivity contribution in [1.82, 2.24) is 0 Å². The topological polar surface area (TPSA) is 26.3 Å². The van der Waals surface area contributed by atoms with Crippen molar-refractivity contribution in [3.8, 4) is 0 Å². The summed E-state index contributed by atoms with van der Waals surface area (Å²) < 4.78 is 19.8. The Balaban J connectivity index is 2.19. The average Bonchev–Trinajstić information content (AvgIpc) is 2.40. The van der Waals surface area contributed by atoms with Gasteiger partial charge in [-0.05, 0) is 42.3 Å². The van der Waals surface area contributed by atoms with E-state index in [9.17, 15) is 4.57 Å². The summed E-state index contributed by atoms with van der Waals surface area (Å²) in [6.07, 6.45) is 0.811. The Kier molecular flexibility index (Phi) is 3.14. The highest BCUT2D eigenvalue weighted by molar-refractivity contribution is 9.10. The molecule has 92 valence electrons. The number of fused-ring (bicyclic) bond motifs is 1. The van der Waals surface area contributed by atoms with Crippen LogP contribution in [0.15, 0.2) is 53.0 Å². The normalized spacial score (nSPS) is 22.5. The molecule has 3 rings (SSSR count). The first kappa shape index (κ1) is 12.2. The molecule has 0 saturated carbocycles. The second kappa shape index (κ2) is 4.65. The summed E-state index contributed by atoms with van der Waals surface area (Å²) in [5, 5.41) is 1.61. The summed E-state index contributed by atoms with van der Waals surface area (Å²) >= 11 is 3.45. The fourth-order valence-electron chi connectivity index (χ4n) is 2.23. The van der Waals surface area contributed by atoms with Crippen molar-refractivity contribution in [2.75, 3.05) is 6.61 Å². The summed E-state index contributed by atoms with van der Waals surface area (Å²) in [6, 6.07) is 15.3. The fourth-order valence-corrected chi connectivity index (χ4v) is 4.95. The van der Waals surface area contributed by atoms with Crippen LogP contribution in [0.3, 0.4) is 0 Å². The van der Waals surface area contributed by atoms with Crippen LogP contribution >= 0.6 is 23.3 Å². The lowest BCUT2D eigenvalue weighted by Gasteiger charge is -2.26. The van der Waals surface area contributed by atoms with E-state index in [-0.39, 0.29) is 0 Å². The molecule has 0 radical (unpaired) electrons. The molecule has 1 heterocycles. The molecule has 1 aliphatic rings. The highest BCUT2D eigenvalue weighted by Gasteiger charge is 2.33. The highest BCUT2D eigenvalue weighted by atomic mass is 79.9. The van der Waals surface area contributed by atoms with Crippen LogP contribution in [0.5, 0.6) is 0 Å². The molecule has 2 aromatic rings. The molecule has 0 aliphatic carbocycles. The average molecular weight is 323 g/mol. The number of halogens is 1. The van der Waals surface area contributed by atoms with Crippen molar-refractivity contribution >= 4 is 33.9 Å². The molecule has 2 nitrogen and oxygen atoms in total. The summed E-state index contributed by atoms with van der Waals surface area (Å²) in [6.45, 7) is 0.510. The lowest BCUT2D eigenvalue weighted by molar-refractivity contribution is 0.324. The molecule has 0 unspecified atom stereocenters. The van der Waals surface area contributed by atoms with Gasteiger partial charge in [0.05, 0.1) is 6.61 Å². The minimum Gasteiger partial charge on any atom is -0.322 e. The van der Waals surface area contributed by atoms with Gasteiger partial charge in [0.2, 0.25) is 0 Å². The summed E-state index contributed by atoms with van der Waals surface area (Å²) in [4.78, 5) is 0. The zero-order valence-electron chi connectivity index (χ0n) is 9.67. The van der Waals surface area contributed by atoms with Gasteiger partial charge in [0, 0.05) is 15.1 Å². The predicted molar refractivity (Wildman–Crippen MR) is 77.1 cm³/mol. The number of hydrogen-bond acceptors (Lipinski definition) is 2. The predicted octanol–water partition coefficient (Wildman–Crippen LogP) is 3.25. The quantitative estimate of drug-likeness (QED) is 0.753. The molecule has 1 aliphatic heterocycles. The van der Waals surface area contributed by atoms with Crippen LogP contribution in [0.4, 0.5) is 0 Å². The van der Waals surface area contributed by atoms with Gasteiger partial charge in [-0.15, -0.1) is 0 Å². The van der Waals surface area contributed by atoms with Crippen molar-refractivity contribution in [2.24, 2.45) is 0 Å². The van der Waals surface area contributed by atoms with Crippen LogP contribution in [0.1, 0.15) is 5.56 Å². The third-order valence-electron chi connectivity index (χ3n) is 3.10. The molecule has 0 spiro atoms. The first-order valence-electron chi connectivity index (χ1n) is 5.79. The molecule has 0 amide bonds. The van der Waals surface area contributed by atoms with Gasteiger partial charge in [0.15, 0.2) is 0 Å². The van der Waals surface area contributed by atoms with E-state index in [1.165, 1.54) is 0 Å². The van der Waals surface area contributed by atoms with Crippen LogP contribution in [0.25, 0.3) is 0 Å². The molecule has 4 heteroatoms. The Labute approximate surface area is 115 Å². The van der Waals surface area contributed by atoms with Gasteiger partial charge in [-0.1, -0.05) is 34.1 Å². The molecule has 0 fully saturated rings. The molecule has 1 atom stereocenters. The second-order valence-corrected chi connectivity index (χ2v) is 7.52. The number of rotatable bonds is 1. The van der Waals surface area contributed by atoms with Crippen LogP contribution in [-0.4, -0.2) is 6.61 Å². The van der Waals surface area contributed by atoms with Crippen LogP contribution in [0, 0.1) is 0 Å². The van der Waals surface area contributed by atoms with Crippen molar-refractivity contribution in [3.05, 3.63) is 58.6 Å². The minimum atomic E-state index is -2.90. The lowest BCUT2D eigenvalue weighted by Crippen LogP contribution is -2.27. The molecule has 2 aromatic carbocycles. The largest absolute Gasteiger partial charge is 0.322 e. The van der Waals surface area contributed by atoms with Gasteiger partial charge in [-0.3, -0.25) is 4.57 Å². The smallest absolute Gasteiger partial charge is 0.261 e. The Bertz CT molecular complexity index is 625. The molecule has 0 bridgehead atoms. The van der Waals surface area contributed by atoms with E-state index in [1.54, 1.807) is 0 Å². The number of benzene rings is 2. The Morgan fingerprint density at radius 2 is 1.89 bits per heavy atom. The molecule has 0 aromatic heterocycles. The summed E-state index contributed by atoms with van der Waals surface area (Å²) in [5.41, 5.74) is 1.11. The van der Waals surface area contributed by atoms with Crippen LogP contribution in [0.2, 0.25) is 0 Å². The van der Waals surface area contributed by atoms with Crippen LogP contribution < -0.4 is 10.6 Å². The van der Waals surface area contributed by atoms with E-state index in [4.69, 9.17) is 4.52 Å². The molecule has 0 saturated heterocycles. The van der Waals surface area contributed by atoms with Crippen molar-refractivity contribution < 1.29 is 9.09 Å². The number of hydrogen-bond donors (Lipinski definition) is 0. The maximum Gasteiger partial charge on any atom is 0.261 e. The van der Waals surface area contributed by atoms with Gasteiger partial charge in [0.1, 0.15) is 0 Å². The van der Waals surface area contributed by atoms with Crippen molar-refractivity contribution in [1.29, 1.82) is 0 Å². The molecule has 0 N–H and O–H groups in total. The van der Waals surface area contributed by atoms with Gasteiger partial charge < -0.3 is 4.52 Å². The zero-order chi connectivity index (χ0) is 12.6. The van der Waals surface area contributed by atoms with Crippen molar-refractivity contribution in [3.63, 3.8) is 0 Å². The first-order valence-corrected chi connectivity index (χ1v) is 8.21. The Hall–Kier alpha value is -0.890. The highest BCUT2D eigenvalue weighted by Crippen LogP contribution is 2.48. The zero-order valence-corrected chi connectivity index (χ0v) is 12.2. The van der Waals surface area contributed by atoms with Gasteiger partial charge in [-0.25, -0.2) is 0 Å². The van der Waals surface area contributed by atoms with Gasteiger partial charge >= 0.3 is 0 Å².